The summed E-state index contributed by atoms with van der Waals surface area (Å²) < 4.78 is 0. The van der Waals surface area contributed by atoms with Crippen molar-refractivity contribution in [1.82, 2.24) is 15.1 Å². The van der Waals surface area contributed by atoms with Crippen LogP contribution in [0.2, 0.25) is 0 Å². The van der Waals surface area contributed by atoms with E-state index < -0.39 is 0 Å². The minimum absolute atomic E-state index is 0.122. The molecule has 0 radical (unpaired) electrons. The van der Waals surface area contributed by atoms with Crippen molar-refractivity contribution in [3.8, 4) is 0 Å². The highest BCUT2D eigenvalue weighted by atomic mass is 16.2. The predicted molar refractivity (Wildman–Crippen MR) is 59.3 cm³/mol. The smallest absolute Gasteiger partial charge is 0.236 e. The number of rotatable bonds is 6. The number of hydrogen-bond donors (Lipinski definition) is 1. The lowest BCUT2D eigenvalue weighted by atomic mass is 10.3. The molecule has 0 saturated carbocycles. The maximum Gasteiger partial charge on any atom is 0.236 e. The quantitative estimate of drug-likeness (QED) is 0.615. The molecule has 0 aromatic rings. The van der Waals surface area contributed by atoms with E-state index in [1.165, 1.54) is 0 Å². The fourth-order valence-corrected chi connectivity index (χ4v) is 0.867. The Kier molecular flexibility index (Phi) is 6.49. The first kappa shape index (κ1) is 13.4. The van der Waals surface area contributed by atoms with Crippen LogP contribution in [0, 0.1) is 0 Å². The molecule has 0 aliphatic rings. The van der Waals surface area contributed by atoms with Crippen molar-refractivity contribution in [2.75, 3.05) is 40.8 Å². The van der Waals surface area contributed by atoms with Gasteiger partial charge in [0.1, 0.15) is 0 Å². The SMILES string of the molecule is CC(C)N(C)CCNCC(=O)N(C)C. The largest absolute Gasteiger partial charge is 0.348 e. The highest BCUT2D eigenvalue weighted by molar-refractivity contribution is 5.77. The van der Waals surface area contributed by atoms with Gasteiger partial charge in [-0.15, -0.1) is 0 Å². The lowest BCUT2D eigenvalue weighted by Gasteiger charge is -2.21. The fourth-order valence-electron chi connectivity index (χ4n) is 0.867. The molecule has 4 heteroatoms. The van der Waals surface area contributed by atoms with Crippen molar-refractivity contribution in [1.29, 1.82) is 0 Å². The number of nitrogens with one attached hydrogen (secondary N) is 1. The van der Waals surface area contributed by atoms with Gasteiger partial charge in [0.05, 0.1) is 6.54 Å². The van der Waals surface area contributed by atoms with E-state index in [1.807, 2.05) is 0 Å². The van der Waals surface area contributed by atoms with Crippen LogP contribution in [0.5, 0.6) is 0 Å². The number of carbonyl (C=O) groups is 1. The van der Waals surface area contributed by atoms with E-state index in [2.05, 4.69) is 31.1 Å². The topological polar surface area (TPSA) is 35.6 Å². The molecular weight excluding hydrogens is 178 g/mol. The van der Waals surface area contributed by atoms with Gasteiger partial charge in [0, 0.05) is 33.2 Å². The maximum absolute atomic E-state index is 11.2. The van der Waals surface area contributed by atoms with Gasteiger partial charge in [-0.05, 0) is 20.9 Å². The second kappa shape index (κ2) is 6.79. The Morgan fingerprint density at radius 2 is 1.86 bits per heavy atom. The Morgan fingerprint density at radius 1 is 1.29 bits per heavy atom. The predicted octanol–water partition coefficient (Wildman–Crippen LogP) is 0.00440. The summed E-state index contributed by atoms with van der Waals surface area (Å²) in [6.07, 6.45) is 0. The summed E-state index contributed by atoms with van der Waals surface area (Å²) in [7, 11) is 5.62. The number of likely N-dealkylation sites (N-methyl/N-ethyl adjacent to an activating group) is 2. The van der Waals surface area contributed by atoms with Crippen molar-refractivity contribution in [2.24, 2.45) is 0 Å². The molecular formula is C10H23N3O. The number of amides is 1. The van der Waals surface area contributed by atoms with Gasteiger partial charge in [0.2, 0.25) is 5.91 Å². The zero-order chi connectivity index (χ0) is 11.1. The van der Waals surface area contributed by atoms with Gasteiger partial charge in [-0.1, -0.05) is 0 Å². The molecule has 0 aromatic heterocycles. The van der Waals surface area contributed by atoms with Gasteiger partial charge in [-0.3, -0.25) is 4.79 Å². The van der Waals surface area contributed by atoms with Gasteiger partial charge >= 0.3 is 0 Å². The summed E-state index contributed by atoms with van der Waals surface area (Å²) in [6.45, 7) is 6.57. The second-order valence-corrected chi connectivity index (χ2v) is 4.04. The molecule has 1 N–H and O–H groups in total. The Morgan fingerprint density at radius 3 is 2.29 bits per heavy atom. The van der Waals surface area contributed by atoms with E-state index in [4.69, 9.17) is 0 Å². The molecule has 0 rings (SSSR count). The highest BCUT2D eigenvalue weighted by Gasteiger charge is 2.04. The summed E-state index contributed by atoms with van der Waals surface area (Å²) in [5.41, 5.74) is 0. The molecule has 0 aromatic carbocycles. The molecule has 14 heavy (non-hydrogen) atoms. The number of carbonyl (C=O) groups excluding carboxylic acids is 1. The van der Waals surface area contributed by atoms with Crippen LogP contribution in [0.3, 0.4) is 0 Å². The van der Waals surface area contributed by atoms with Crippen molar-refractivity contribution in [3.63, 3.8) is 0 Å². The van der Waals surface area contributed by atoms with Gasteiger partial charge in [-0.25, -0.2) is 0 Å². The van der Waals surface area contributed by atoms with Crippen LogP contribution in [0.1, 0.15) is 13.8 Å². The lowest BCUT2D eigenvalue weighted by Crippen LogP contribution is -2.38. The zero-order valence-corrected chi connectivity index (χ0v) is 10.0. The van der Waals surface area contributed by atoms with E-state index >= 15 is 0 Å². The van der Waals surface area contributed by atoms with Gasteiger partial charge in [0.25, 0.3) is 0 Å². The number of hydrogen-bond acceptors (Lipinski definition) is 3. The molecule has 0 fully saturated rings. The van der Waals surface area contributed by atoms with Crippen LogP contribution in [0.25, 0.3) is 0 Å². The van der Waals surface area contributed by atoms with Crippen LogP contribution >= 0.6 is 0 Å². The van der Waals surface area contributed by atoms with Crippen molar-refractivity contribution < 1.29 is 4.79 Å². The highest BCUT2D eigenvalue weighted by Crippen LogP contribution is 1.90. The molecule has 4 nitrogen and oxygen atoms in total. The molecule has 0 heterocycles. The van der Waals surface area contributed by atoms with Crippen molar-refractivity contribution in [3.05, 3.63) is 0 Å². The molecule has 0 unspecified atom stereocenters. The van der Waals surface area contributed by atoms with Crippen LogP contribution < -0.4 is 5.32 Å². The van der Waals surface area contributed by atoms with E-state index in [0.29, 0.717) is 12.6 Å². The fraction of sp³-hybridized carbons (Fsp3) is 0.900. The van der Waals surface area contributed by atoms with Gasteiger partial charge in [0.15, 0.2) is 0 Å². The molecule has 0 bridgehead atoms. The first-order valence-corrected chi connectivity index (χ1v) is 5.06. The van der Waals surface area contributed by atoms with E-state index in [-0.39, 0.29) is 5.91 Å². The second-order valence-electron chi connectivity index (χ2n) is 4.04. The maximum atomic E-state index is 11.2. The molecule has 0 aliphatic carbocycles. The first-order valence-electron chi connectivity index (χ1n) is 5.06. The summed E-state index contributed by atoms with van der Waals surface area (Å²) in [6, 6.07) is 0.557. The van der Waals surface area contributed by atoms with Gasteiger partial charge < -0.3 is 15.1 Å². The standard InChI is InChI=1S/C10H23N3O/c1-9(2)13(5)7-6-11-8-10(14)12(3)4/h9,11H,6-8H2,1-5H3. The average molecular weight is 201 g/mol. The molecule has 1 amide bonds. The Balaban J connectivity index is 3.43. The number of nitrogens with zero attached hydrogens (tertiary/aromatic N) is 2. The Labute approximate surface area is 87.3 Å². The molecule has 84 valence electrons. The molecule has 0 aliphatic heterocycles. The third-order valence-electron chi connectivity index (χ3n) is 2.30. The zero-order valence-electron chi connectivity index (χ0n) is 10.0. The normalized spacial score (nSPS) is 11.1. The minimum atomic E-state index is 0.122. The lowest BCUT2D eigenvalue weighted by molar-refractivity contribution is -0.127. The summed E-state index contributed by atoms with van der Waals surface area (Å²) >= 11 is 0. The monoisotopic (exact) mass is 201 g/mol. The van der Waals surface area contributed by atoms with Crippen molar-refractivity contribution in [2.45, 2.75) is 19.9 Å². The van der Waals surface area contributed by atoms with Crippen LogP contribution in [0.15, 0.2) is 0 Å². The first-order chi connectivity index (χ1) is 6.45. The summed E-state index contributed by atoms with van der Waals surface area (Å²) in [4.78, 5) is 15.0. The third kappa shape index (κ3) is 5.94. The van der Waals surface area contributed by atoms with Crippen LogP contribution in [0.4, 0.5) is 0 Å². The Hall–Kier alpha value is -0.610. The Bertz CT molecular complexity index is 169. The molecule has 0 spiro atoms. The molecule has 0 atom stereocenters. The van der Waals surface area contributed by atoms with Gasteiger partial charge in [-0.2, -0.15) is 0 Å². The van der Waals surface area contributed by atoms with Crippen LogP contribution in [-0.2, 0) is 4.79 Å². The van der Waals surface area contributed by atoms with E-state index in [1.54, 1.807) is 19.0 Å². The minimum Gasteiger partial charge on any atom is -0.348 e. The summed E-state index contributed by atoms with van der Waals surface area (Å²) in [5.74, 6) is 0.122. The van der Waals surface area contributed by atoms with Crippen molar-refractivity contribution >= 4 is 5.91 Å². The summed E-state index contributed by atoms with van der Waals surface area (Å²) in [5, 5.41) is 3.12. The average Bonchev–Trinajstić information content (AvgIpc) is 2.11. The van der Waals surface area contributed by atoms with Crippen LogP contribution in [-0.4, -0.2) is 62.5 Å². The third-order valence-corrected chi connectivity index (χ3v) is 2.30. The molecule has 0 saturated heterocycles. The van der Waals surface area contributed by atoms with E-state index in [0.717, 1.165) is 13.1 Å². The van der Waals surface area contributed by atoms with E-state index in [9.17, 15) is 4.79 Å².